The normalized spacial score (nSPS) is 18.1. The van der Waals surface area contributed by atoms with Crippen LogP contribution < -0.4 is 4.90 Å². The minimum Gasteiger partial charge on any atom is -0.494 e. The highest BCUT2D eigenvalue weighted by Gasteiger charge is 2.46. The Hall–Kier alpha value is -2.30. The molecule has 0 saturated heterocycles. The van der Waals surface area contributed by atoms with Gasteiger partial charge in [0.1, 0.15) is 5.76 Å². The smallest absolute Gasteiger partial charge is 0.338 e. The summed E-state index contributed by atoms with van der Waals surface area (Å²) in [5.74, 6) is 0.589. The van der Waals surface area contributed by atoms with E-state index in [9.17, 15) is 9.59 Å². The summed E-state index contributed by atoms with van der Waals surface area (Å²) in [7, 11) is 1.35. The van der Waals surface area contributed by atoms with E-state index in [1.807, 2.05) is 31.7 Å². The van der Waals surface area contributed by atoms with Gasteiger partial charge in [0.2, 0.25) is 5.91 Å². The Balaban J connectivity index is 2.15. The third-order valence-electron chi connectivity index (χ3n) is 5.04. The molecule has 25 heavy (non-hydrogen) atoms. The molecular weight excluding hydrogens is 318 g/mol. The lowest BCUT2D eigenvalue weighted by atomic mass is 9.84. The Morgan fingerprint density at radius 1 is 1.32 bits per heavy atom. The molecule has 1 heterocycles. The Morgan fingerprint density at radius 2 is 2.00 bits per heavy atom. The number of hydrogen-bond donors (Lipinski definition) is 0. The molecule has 1 aromatic carbocycles. The molecular formula is C20H25NO4. The van der Waals surface area contributed by atoms with Crippen LogP contribution in [0.4, 0.5) is 5.69 Å². The number of methoxy groups -OCH3 is 1. The van der Waals surface area contributed by atoms with E-state index in [4.69, 9.17) is 9.47 Å². The van der Waals surface area contributed by atoms with Crippen LogP contribution in [-0.2, 0) is 19.7 Å². The highest BCUT2D eigenvalue weighted by molar-refractivity contribution is 6.09. The van der Waals surface area contributed by atoms with Crippen molar-refractivity contribution in [3.8, 4) is 0 Å². The quantitative estimate of drug-likeness (QED) is 0.586. The molecule has 1 aliphatic heterocycles. The van der Waals surface area contributed by atoms with Gasteiger partial charge in [0.25, 0.3) is 0 Å². The first kappa shape index (κ1) is 17.5. The summed E-state index contributed by atoms with van der Waals surface area (Å²) in [6.07, 6.45) is 2.31. The lowest BCUT2D eigenvalue weighted by Gasteiger charge is -2.20. The number of ether oxygens (including phenoxy) is 2. The van der Waals surface area contributed by atoms with Gasteiger partial charge in [0.05, 0.1) is 24.7 Å². The average Bonchev–Trinajstić information content (AvgIpc) is 3.38. The van der Waals surface area contributed by atoms with E-state index in [-0.39, 0.29) is 5.91 Å². The highest BCUT2D eigenvalue weighted by Crippen LogP contribution is 2.46. The van der Waals surface area contributed by atoms with Gasteiger partial charge < -0.3 is 14.4 Å². The Labute approximate surface area is 148 Å². The van der Waals surface area contributed by atoms with E-state index < -0.39 is 11.4 Å². The summed E-state index contributed by atoms with van der Waals surface area (Å²) < 4.78 is 10.5. The minimum atomic E-state index is -0.639. The second-order valence-corrected chi connectivity index (χ2v) is 7.25. The Morgan fingerprint density at radius 3 is 2.56 bits per heavy atom. The first-order valence-electron chi connectivity index (χ1n) is 8.72. The number of rotatable bonds is 6. The summed E-state index contributed by atoms with van der Waals surface area (Å²) in [6.45, 7) is 10.8. The zero-order valence-electron chi connectivity index (χ0n) is 15.3. The van der Waals surface area contributed by atoms with Crippen molar-refractivity contribution in [1.29, 1.82) is 0 Å². The van der Waals surface area contributed by atoms with Crippen molar-refractivity contribution in [2.24, 2.45) is 5.92 Å². The number of carbonyl (C=O) groups excluding carboxylic acids is 2. The highest BCUT2D eigenvalue weighted by atomic mass is 16.5. The number of carbonyl (C=O) groups is 2. The molecule has 1 amide bonds. The molecule has 0 bridgehead atoms. The molecule has 0 radical (unpaired) electrons. The zero-order valence-corrected chi connectivity index (χ0v) is 15.3. The van der Waals surface area contributed by atoms with E-state index in [1.54, 1.807) is 6.07 Å². The average molecular weight is 343 g/mol. The first-order chi connectivity index (χ1) is 11.8. The van der Waals surface area contributed by atoms with Crippen LogP contribution >= 0.6 is 0 Å². The van der Waals surface area contributed by atoms with Crippen molar-refractivity contribution in [2.75, 3.05) is 25.2 Å². The van der Waals surface area contributed by atoms with Gasteiger partial charge in [-0.1, -0.05) is 6.58 Å². The fourth-order valence-electron chi connectivity index (χ4n) is 3.38. The van der Waals surface area contributed by atoms with Crippen molar-refractivity contribution in [2.45, 2.75) is 39.0 Å². The predicted molar refractivity (Wildman–Crippen MR) is 96.5 cm³/mol. The number of anilines is 1. The topological polar surface area (TPSA) is 55.8 Å². The molecule has 2 aliphatic rings. The van der Waals surface area contributed by atoms with E-state index in [2.05, 4.69) is 6.58 Å². The monoisotopic (exact) mass is 343 g/mol. The lowest BCUT2D eigenvalue weighted by molar-refractivity contribution is -0.122. The minimum absolute atomic E-state index is 0.0735. The predicted octanol–water partition coefficient (Wildman–Crippen LogP) is 3.51. The maximum Gasteiger partial charge on any atom is 0.338 e. The van der Waals surface area contributed by atoms with Gasteiger partial charge in [-0.25, -0.2) is 4.79 Å². The summed E-state index contributed by atoms with van der Waals surface area (Å²) in [6, 6.07) is 3.63. The molecule has 5 heteroatoms. The van der Waals surface area contributed by atoms with E-state index in [0.29, 0.717) is 36.0 Å². The second-order valence-electron chi connectivity index (χ2n) is 7.25. The summed E-state index contributed by atoms with van der Waals surface area (Å²) in [5, 5.41) is 0. The van der Waals surface area contributed by atoms with Crippen LogP contribution in [0.5, 0.6) is 0 Å². The lowest BCUT2D eigenvalue weighted by Crippen LogP contribution is -2.37. The summed E-state index contributed by atoms with van der Waals surface area (Å²) in [4.78, 5) is 27.1. The largest absolute Gasteiger partial charge is 0.494 e. The number of amides is 1. The van der Waals surface area contributed by atoms with Crippen LogP contribution in [-0.4, -0.2) is 32.1 Å². The van der Waals surface area contributed by atoms with Crippen LogP contribution in [0.2, 0.25) is 0 Å². The molecule has 1 aromatic rings. The van der Waals surface area contributed by atoms with E-state index >= 15 is 0 Å². The van der Waals surface area contributed by atoms with Crippen LogP contribution in [0.1, 0.15) is 55.1 Å². The van der Waals surface area contributed by atoms with Crippen LogP contribution in [0, 0.1) is 5.92 Å². The third kappa shape index (κ3) is 2.92. The van der Waals surface area contributed by atoms with Crippen molar-refractivity contribution in [3.05, 3.63) is 35.4 Å². The Kier molecular flexibility index (Phi) is 4.35. The van der Waals surface area contributed by atoms with Gasteiger partial charge in [-0.3, -0.25) is 4.79 Å². The molecule has 3 rings (SSSR count). The number of fused-ring (bicyclic) bond motifs is 1. The number of nitrogens with zero attached hydrogens (tertiary/aromatic N) is 1. The maximum absolute atomic E-state index is 13.0. The molecule has 5 nitrogen and oxygen atoms in total. The van der Waals surface area contributed by atoms with Crippen LogP contribution in [0.3, 0.4) is 0 Å². The van der Waals surface area contributed by atoms with E-state index in [1.165, 1.54) is 7.11 Å². The zero-order chi connectivity index (χ0) is 18.4. The van der Waals surface area contributed by atoms with Gasteiger partial charge in [0.15, 0.2) is 0 Å². The number of esters is 1. The standard InChI is InChI=1S/C20H25NO4/c1-6-25-12(2)14-9-16-17(10-15(14)18(22)24-5)21(11-13-7-8-13)19(23)20(16,3)4/h9-10,13H,2,6-8,11H2,1,3-5H3. The summed E-state index contributed by atoms with van der Waals surface area (Å²) >= 11 is 0. The maximum atomic E-state index is 13.0. The van der Waals surface area contributed by atoms with Crippen molar-refractivity contribution >= 4 is 23.3 Å². The van der Waals surface area contributed by atoms with Gasteiger partial charge >= 0.3 is 5.97 Å². The molecule has 134 valence electrons. The third-order valence-corrected chi connectivity index (χ3v) is 5.04. The number of hydrogen-bond acceptors (Lipinski definition) is 4. The van der Waals surface area contributed by atoms with Crippen molar-refractivity contribution < 1.29 is 19.1 Å². The SMILES string of the molecule is C=C(OCC)c1cc2c(cc1C(=O)OC)N(CC1CC1)C(=O)C2(C)C. The Bertz CT molecular complexity index is 746. The molecule has 0 unspecified atom stereocenters. The molecule has 1 aliphatic carbocycles. The molecule has 1 saturated carbocycles. The van der Waals surface area contributed by atoms with Gasteiger partial charge in [-0.15, -0.1) is 0 Å². The van der Waals surface area contributed by atoms with Crippen molar-refractivity contribution in [3.63, 3.8) is 0 Å². The second kappa shape index (κ2) is 6.21. The van der Waals surface area contributed by atoms with Gasteiger partial charge in [0, 0.05) is 17.8 Å². The van der Waals surface area contributed by atoms with Crippen molar-refractivity contribution in [1.82, 2.24) is 0 Å². The first-order valence-corrected chi connectivity index (χ1v) is 8.72. The molecule has 0 atom stereocenters. The molecule has 0 spiro atoms. The number of benzene rings is 1. The van der Waals surface area contributed by atoms with Gasteiger partial charge in [-0.2, -0.15) is 0 Å². The molecule has 0 aromatic heterocycles. The van der Waals surface area contributed by atoms with Crippen LogP contribution in [0.15, 0.2) is 18.7 Å². The fraction of sp³-hybridized carbons (Fsp3) is 0.500. The van der Waals surface area contributed by atoms with Crippen LogP contribution in [0.25, 0.3) is 5.76 Å². The fourth-order valence-corrected chi connectivity index (χ4v) is 3.38. The van der Waals surface area contributed by atoms with E-state index in [0.717, 1.165) is 24.1 Å². The van der Waals surface area contributed by atoms with Gasteiger partial charge in [-0.05, 0) is 57.2 Å². The molecule has 0 N–H and O–H groups in total. The summed E-state index contributed by atoms with van der Waals surface area (Å²) in [5.41, 5.74) is 2.03. The molecule has 1 fully saturated rings.